The summed E-state index contributed by atoms with van der Waals surface area (Å²) in [5, 5.41) is 2.90. The highest BCUT2D eigenvalue weighted by molar-refractivity contribution is 5.76. The molecular formula is C12H20N2O3. The van der Waals surface area contributed by atoms with E-state index in [1.165, 1.54) is 0 Å². The number of hydrogen-bond acceptors (Lipinski definition) is 4. The van der Waals surface area contributed by atoms with Crippen LogP contribution in [0.15, 0.2) is 22.8 Å². The topological polar surface area (TPSA) is 77.5 Å². The van der Waals surface area contributed by atoms with E-state index in [1.54, 1.807) is 13.4 Å². The lowest BCUT2D eigenvalue weighted by Crippen LogP contribution is -2.39. The molecule has 0 aliphatic carbocycles. The van der Waals surface area contributed by atoms with Gasteiger partial charge in [0.05, 0.1) is 18.9 Å². The van der Waals surface area contributed by atoms with Crippen LogP contribution in [-0.4, -0.2) is 32.2 Å². The number of carbonyl (C=O) groups is 1. The number of carbonyl (C=O) groups excluding carboxylic acids is 1. The third kappa shape index (κ3) is 5.51. The van der Waals surface area contributed by atoms with Crippen LogP contribution in [0.25, 0.3) is 0 Å². The lowest BCUT2D eigenvalue weighted by molar-refractivity contribution is -0.122. The summed E-state index contributed by atoms with van der Waals surface area (Å²) in [6.45, 7) is 1.02. The molecule has 1 atom stereocenters. The Morgan fingerprint density at radius 2 is 2.47 bits per heavy atom. The minimum Gasteiger partial charge on any atom is -0.469 e. The molecule has 0 aliphatic rings. The van der Waals surface area contributed by atoms with E-state index in [4.69, 9.17) is 14.9 Å². The molecule has 5 heteroatoms. The SMILES string of the molecule is COCC(CCN)NC(=O)CCc1ccco1. The summed E-state index contributed by atoms with van der Waals surface area (Å²) in [6, 6.07) is 3.67. The monoisotopic (exact) mass is 240 g/mol. The van der Waals surface area contributed by atoms with E-state index in [-0.39, 0.29) is 11.9 Å². The number of aryl methyl sites for hydroxylation is 1. The smallest absolute Gasteiger partial charge is 0.220 e. The second kappa shape index (κ2) is 7.86. The van der Waals surface area contributed by atoms with E-state index in [0.717, 1.165) is 12.2 Å². The Balaban J connectivity index is 2.26. The normalized spacial score (nSPS) is 12.4. The van der Waals surface area contributed by atoms with E-state index in [2.05, 4.69) is 5.32 Å². The molecule has 1 aromatic heterocycles. The van der Waals surface area contributed by atoms with E-state index in [0.29, 0.717) is 26.0 Å². The summed E-state index contributed by atoms with van der Waals surface area (Å²) in [5.41, 5.74) is 5.46. The van der Waals surface area contributed by atoms with Crippen molar-refractivity contribution in [2.75, 3.05) is 20.3 Å². The zero-order valence-corrected chi connectivity index (χ0v) is 10.1. The first-order valence-electron chi connectivity index (χ1n) is 5.77. The molecule has 3 N–H and O–H groups in total. The van der Waals surface area contributed by atoms with Gasteiger partial charge in [0.1, 0.15) is 5.76 Å². The van der Waals surface area contributed by atoms with Crippen molar-refractivity contribution in [2.24, 2.45) is 5.73 Å². The summed E-state index contributed by atoms with van der Waals surface area (Å²) < 4.78 is 10.2. The molecule has 0 bridgehead atoms. The number of hydrogen-bond donors (Lipinski definition) is 2. The highest BCUT2D eigenvalue weighted by Crippen LogP contribution is 2.03. The quantitative estimate of drug-likeness (QED) is 0.701. The maximum atomic E-state index is 11.6. The lowest BCUT2D eigenvalue weighted by Gasteiger charge is -2.16. The second-order valence-corrected chi connectivity index (χ2v) is 3.88. The van der Waals surface area contributed by atoms with Crippen molar-refractivity contribution >= 4 is 5.91 Å². The summed E-state index contributed by atoms with van der Waals surface area (Å²) in [7, 11) is 1.61. The molecule has 96 valence electrons. The summed E-state index contributed by atoms with van der Waals surface area (Å²) in [4.78, 5) is 11.6. The lowest BCUT2D eigenvalue weighted by atomic mass is 10.2. The van der Waals surface area contributed by atoms with Crippen molar-refractivity contribution in [2.45, 2.75) is 25.3 Å². The first-order chi connectivity index (χ1) is 8.26. The summed E-state index contributed by atoms with van der Waals surface area (Å²) >= 11 is 0. The van der Waals surface area contributed by atoms with Crippen molar-refractivity contribution in [3.8, 4) is 0 Å². The van der Waals surface area contributed by atoms with Crippen molar-refractivity contribution in [1.29, 1.82) is 0 Å². The van der Waals surface area contributed by atoms with E-state index in [1.807, 2.05) is 12.1 Å². The highest BCUT2D eigenvalue weighted by Gasteiger charge is 2.11. The fourth-order valence-electron chi connectivity index (χ4n) is 1.59. The summed E-state index contributed by atoms with van der Waals surface area (Å²) in [6.07, 6.45) is 3.36. The van der Waals surface area contributed by atoms with Gasteiger partial charge in [0.15, 0.2) is 0 Å². The number of amides is 1. The molecule has 0 saturated heterocycles. The third-order valence-corrected chi connectivity index (χ3v) is 2.43. The number of nitrogens with one attached hydrogen (secondary N) is 1. The molecule has 1 rings (SSSR count). The first kappa shape index (κ1) is 13.7. The molecule has 1 aromatic rings. The first-order valence-corrected chi connectivity index (χ1v) is 5.77. The predicted molar refractivity (Wildman–Crippen MR) is 64.5 cm³/mol. The van der Waals surface area contributed by atoms with Gasteiger partial charge in [-0.05, 0) is 25.1 Å². The molecule has 0 saturated carbocycles. The Morgan fingerprint density at radius 1 is 1.65 bits per heavy atom. The molecular weight excluding hydrogens is 220 g/mol. The Bertz CT molecular complexity index is 306. The van der Waals surface area contributed by atoms with Crippen LogP contribution < -0.4 is 11.1 Å². The Morgan fingerprint density at radius 3 is 3.06 bits per heavy atom. The molecule has 1 amide bonds. The van der Waals surface area contributed by atoms with Gasteiger partial charge in [-0.3, -0.25) is 4.79 Å². The standard InChI is InChI=1S/C12H20N2O3/c1-16-9-10(6-7-13)14-12(15)5-4-11-3-2-8-17-11/h2-3,8,10H,4-7,9,13H2,1H3,(H,14,15). The molecule has 1 unspecified atom stereocenters. The Kier molecular flexibility index (Phi) is 6.35. The average Bonchev–Trinajstić information content (AvgIpc) is 2.80. The van der Waals surface area contributed by atoms with Crippen LogP contribution in [0.5, 0.6) is 0 Å². The molecule has 0 fully saturated rings. The maximum absolute atomic E-state index is 11.6. The van der Waals surface area contributed by atoms with Crippen LogP contribution in [0.2, 0.25) is 0 Å². The van der Waals surface area contributed by atoms with Crippen molar-refractivity contribution in [3.63, 3.8) is 0 Å². The Hall–Kier alpha value is -1.33. The van der Waals surface area contributed by atoms with Crippen LogP contribution >= 0.6 is 0 Å². The molecule has 0 aliphatic heterocycles. The fraction of sp³-hybridized carbons (Fsp3) is 0.583. The van der Waals surface area contributed by atoms with Crippen molar-refractivity contribution < 1.29 is 13.9 Å². The fourth-order valence-corrected chi connectivity index (χ4v) is 1.59. The average molecular weight is 240 g/mol. The van der Waals surface area contributed by atoms with Gasteiger partial charge in [-0.2, -0.15) is 0 Å². The zero-order valence-electron chi connectivity index (χ0n) is 10.1. The van der Waals surface area contributed by atoms with E-state index >= 15 is 0 Å². The van der Waals surface area contributed by atoms with Crippen LogP contribution in [0.3, 0.4) is 0 Å². The van der Waals surface area contributed by atoms with Gasteiger partial charge in [0, 0.05) is 20.0 Å². The highest BCUT2D eigenvalue weighted by atomic mass is 16.5. The molecule has 17 heavy (non-hydrogen) atoms. The minimum absolute atomic E-state index is 0.00287. The van der Waals surface area contributed by atoms with Crippen LogP contribution in [-0.2, 0) is 16.0 Å². The molecule has 5 nitrogen and oxygen atoms in total. The van der Waals surface area contributed by atoms with Crippen molar-refractivity contribution in [1.82, 2.24) is 5.32 Å². The van der Waals surface area contributed by atoms with E-state index in [9.17, 15) is 4.79 Å². The van der Waals surface area contributed by atoms with Gasteiger partial charge in [0.2, 0.25) is 5.91 Å². The maximum Gasteiger partial charge on any atom is 0.220 e. The van der Waals surface area contributed by atoms with Crippen LogP contribution in [0, 0.1) is 0 Å². The molecule has 0 spiro atoms. The van der Waals surface area contributed by atoms with Gasteiger partial charge < -0.3 is 20.2 Å². The number of methoxy groups -OCH3 is 1. The molecule has 0 aromatic carbocycles. The zero-order chi connectivity index (χ0) is 12.5. The molecule has 0 radical (unpaired) electrons. The second-order valence-electron chi connectivity index (χ2n) is 3.88. The predicted octanol–water partition coefficient (Wildman–Crippen LogP) is 0.692. The van der Waals surface area contributed by atoms with Crippen LogP contribution in [0.4, 0.5) is 0 Å². The van der Waals surface area contributed by atoms with Gasteiger partial charge >= 0.3 is 0 Å². The van der Waals surface area contributed by atoms with Crippen molar-refractivity contribution in [3.05, 3.63) is 24.2 Å². The van der Waals surface area contributed by atoms with Gasteiger partial charge in [-0.1, -0.05) is 0 Å². The van der Waals surface area contributed by atoms with Gasteiger partial charge in [0.25, 0.3) is 0 Å². The minimum atomic E-state index is -0.00546. The number of ether oxygens (including phenoxy) is 1. The van der Waals surface area contributed by atoms with Gasteiger partial charge in [-0.25, -0.2) is 0 Å². The number of furan rings is 1. The number of nitrogens with two attached hydrogens (primary N) is 1. The third-order valence-electron chi connectivity index (χ3n) is 2.43. The van der Waals surface area contributed by atoms with Crippen LogP contribution in [0.1, 0.15) is 18.6 Å². The van der Waals surface area contributed by atoms with E-state index < -0.39 is 0 Å². The number of rotatable bonds is 8. The summed E-state index contributed by atoms with van der Waals surface area (Å²) in [5.74, 6) is 0.819. The molecule has 1 heterocycles. The largest absolute Gasteiger partial charge is 0.469 e. The Labute approximate surface area is 101 Å². The van der Waals surface area contributed by atoms with Gasteiger partial charge in [-0.15, -0.1) is 0 Å².